The highest BCUT2D eigenvalue weighted by Crippen LogP contribution is 2.31. The van der Waals surface area contributed by atoms with E-state index in [1.165, 1.54) is 6.26 Å². The number of anilines is 2. The van der Waals surface area contributed by atoms with Crippen LogP contribution in [0.3, 0.4) is 0 Å². The van der Waals surface area contributed by atoms with Gasteiger partial charge in [-0.1, -0.05) is 13.0 Å². The molecule has 7 nitrogen and oxygen atoms in total. The molecule has 136 valence electrons. The van der Waals surface area contributed by atoms with Crippen molar-refractivity contribution >= 4 is 29.1 Å². The van der Waals surface area contributed by atoms with Crippen LogP contribution in [0.4, 0.5) is 11.4 Å². The van der Waals surface area contributed by atoms with Crippen molar-refractivity contribution in [3.8, 4) is 0 Å². The second-order valence-corrected chi connectivity index (χ2v) is 6.09. The molecule has 1 aromatic heterocycles. The minimum absolute atomic E-state index is 0.222. The largest absolute Gasteiger partial charge is 0.459 e. The molecular weight excluding hydrogens is 334 g/mol. The Labute approximate surface area is 151 Å². The zero-order valence-electron chi connectivity index (χ0n) is 14.6. The topological polar surface area (TPSA) is 91.7 Å². The van der Waals surface area contributed by atoms with Gasteiger partial charge in [-0.25, -0.2) is 0 Å². The van der Waals surface area contributed by atoms with E-state index in [1.54, 1.807) is 29.2 Å². The molecule has 0 saturated heterocycles. The van der Waals surface area contributed by atoms with Crippen molar-refractivity contribution in [2.24, 2.45) is 0 Å². The number of nitrogens with one attached hydrogen (secondary N) is 2. The van der Waals surface area contributed by atoms with E-state index in [4.69, 9.17) is 4.42 Å². The molecule has 0 bridgehead atoms. The van der Waals surface area contributed by atoms with Crippen molar-refractivity contribution in [2.45, 2.75) is 26.2 Å². The maximum Gasteiger partial charge on any atom is 0.313 e. The van der Waals surface area contributed by atoms with Gasteiger partial charge in [0.05, 0.1) is 6.26 Å². The number of carbonyl (C=O) groups excluding carboxylic acids is 3. The Bertz CT molecular complexity index is 814. The molecule has 1 aliphatic rings. The number of fused-ring (bicyclic) bond motifs is 1. The molecule has 2 heterocycles. The molecule has 7 heteroatoms. The van der Waals surface area contributed by atoms with E-state index < -0.39 is 11.8 Å². The number of aryl methyl sites for hydroxylation is 1. The molecule has 0 spiro atoms. The highest BCUT2D eigenvalue weighted by atomic mass is 16.3. The van der Waals surface area contributed by atoms with Gasteiger partial charge in [0, 0.05) is 24.5 Å². The van der Waals surface area contributed by atoms with E-state index in [0.29, 0.717) is 18.8 Å². The SMILES string of the molecule is CCCNC(=O)C(=O)Nc1ccc2c(c1)N(C(=O)c1ccco1)CCC2. The second-order valence-electron chi connectivity index (χ2n) is 6.09. The Morgan fingerprint density at radius 2 is 2.04 bits per heavy atom. The molecule has 0 fully saturated rings. The fourth-order valence-corrected chi connectivity index (χ4v) is 2.90. The average molecular weight is 355 g/mol. The van der Waals surface area contributed by atoms with Crippen LogP contribution in [0, 0.1) is 0 Å². The van der Waals surface area contributed by atoms with Crippen molar-refractivity contribution in [3.63, 3.8) is 0 Å². The number of hydrogen-bond acceptors (Lipinski definition) is 4. The summed E-state index contributed by atoms with van der Waals surface area (Å²) in [5.41, 5.74) is 2.22. The van der Waals surface area contributed by atoms with Crippen molar-refractivity contribution in [3.05, 3.63) is 47.9 Å². The normalized spacial score (nSPS) is 13.0. The molecular formula is C19H21N3O4. The van der Waals surface area contributed by atoms with Gasteiger partial charge in [0.25, 0.3) is 5.91 Å². The van der Waals surface area contributed by atoms with E-state index >= 15 is 0 Å². The molecule has 3 rings (SSSR count). The van der Waals surface area contributed by atoms with Gasteiger partial charge in [-0.15, -0.1) is 0 Å². The molecule has 0 radical (unpaired) electrons. The highest BCUT2D eigenvalue weighted by Gasteiger charge is 2.26. The summed E-state index contributed by atoms with van der Waals surface area (Å²) < 4.78 is 5.21. The predicted octanol–water partition coefficient (Wildman–Crippen LogP) is 2.34. The Kier molecular flexibility index (Phi) is 5.36. The quantitative estimate of drug-likeness (QED) is 0.824. The van der Waals surface area contributed by atoms with Gasteiger partial charge < -0.3 is 20.0 Å². The van der Waals surface area contributed by atoms with Crippen LogP contribution in [0.1, 0.15) is 35.9 Å². The van der Waals surface area contributed by atoms with Crippen LogP contribution in [0.5, 0.6) is 0 Å². The van der Waals surface area contributed by atoms with E-state index in [9.17, 15) is 14.4 Å². The molecule has 0 atom stereocenters. The molecule has 1 aromatic carbocycles. The molecule has 0 aliphatic carbocycles. The first-order chi connectivity index (χ1) is 12.6. The summed E-state index contributed by atoms with van der Waals surface area (Å²) in [7, 11) is 0. The summed E-state index contributed by atoms with van der Waals surface area (Å²) in [5, 5.41) is 5.11. The molecule has 0 saturated carbocycles. The number of carbonyl (C=O) groups is 3. The Morgan fingerprint density at radius 1 is 1.19 bits per heavy atom. The average Bonchev–Trinajstić information content (AvgIpc) is 3.19. The minimum atomic E-state index is -0.724. The maximum atomic E-state index is 12.7. The van der Waals surface area contributed by atoms with E-state index in [2.05, 4.69) is 10.6 Å². The lowest BCUT2D eigenvalue weighted by molar-refractivity contribution is -0.136. The van der Waals surface area contributed by atoms with Crippen molar-refractivity contribution in [1.82, 2.24) is 5.32 Å². The van der Waals surface area contributed by atoms with E-state index in [0.717, 1.165) is 30.5 Å². The van der Waals surface area contributed by atoms with Crippen LogP contribution in [0.15, 0.2) is 41.0 Å². The smallest absolute Gasteiger partial charge is 0.313 e. The molecule has 2 N–H and O–H groups in total. The van der Waals surface area contributed by atoms with Gasteiger partial charge in [0.1, 0.15) is 0 Å². The van der Waals surface area contributed by atoms with Gasteiger partial charge in [0.2, 0.25) is 0 Å². The third kappa shape index (κ3) is 3.77. The maximum absolute atomic E-state index is 12.7. The minimum Gasteiger partial charge on any atom is -0.459 e. The van der Waals surface area contributed by atoms with Crippen molar-refractivity contribution in [2.75, 3.05) is 23.3 Å². The fraction of sp³-hybridized carbons (Fsp3) is 0.316. The zero-order valence-corrected chi connectivity index (χ0v) is 14.6. The molecule has 1 aliphatic heterocycles. The molecule has 2 aromatic rings. The third-order valence-electron chi connectivity index (χ3n) is 4.18. The van der Waals surface area contributed by atoms with E-state index in [1.807, 2.05) is 13.0 Å². The van der Waals surface area contributed by atoms with Crippen LogP contribution >= 0.6 is 0 Å². The summed E-state index contributed by atoms with van der Waals surface area (Å²) in [6.07, 6.45) is 3.92. The highest BCUT2D eigenvalue weighted by molar-refractivity contribution is 6.39. The number of rotatable bonds is 4. The molecule has 26 heavy (non-hydrogen) atoms. The van der Waals surface area contributed by atoms with Gasteiger partial charge in [-0.2, -0.15) is 0 Å². The lowest BCUT2D eigenvalue weighted by Crippen LogP contribution is -2.36. The molecule has 3 amide bonds. The molecule has 0 unspecified atom stereocenters. The van der Waals surface area contributed by atoms with Crippen molar-refractivity contribution < 1.29 is 18.8 Å². The van der Waals surface area contributed by atoms with Crippen molar-refractivity contribution in [1.29, 1.82) is 0 Å². The second kappa shape index (κ2) is 7.86. The van der Waals surface area contributed by atoms with Crippen LogP contribution < -0.4 is 15.5 Å². The first-order valence-electron chi connectivity index (χ1n) is 8.67. The summed E-state index contributed by atoms with van der Waals surface area (Å²) >= 11 is 0. The first kappa shape index (κ1) is 17.7. The summed E-state index contributed by atoms with van der Waals surface area (Å²) in [5.74, 6) is -1.35. The lowest BCUT2D eigenvalue weighted by atomic mass is 10.0. The van der Waals surface area contributed by atoms with Gasteiger partial charge in [-0.05, 0) is 49.1 Å². The Morgan fingerprint density at radius 3 is 2.77 bits per heavy atom. The summed E-state index contributed by atoms with van der Waals surface area (Å²) in [4.78, 5) is 38.0. The van der Waals surface area contributed by atoms with Gasteiger partial charge >= 0.3 is 11.8 Å². The Balaban J connectivity index is 1.79. The number of benzene rings is 1. The van der Waals surface area contributed by atoms with E-state index in [-0.39, 0.29) is 11.7 Å². The number of amides is 3. The number of furan rings is 1. The van der Waals surface area contributed by atoms with Crippen LogP contribution in [-0.2, 0) is 16.0 Å². The third-order valence-corrected chi connectivity index (χ3v) is 4.18. The standard InChI is InChI=1S/C19H21N3O4/c1-2-9-20-17(23)18(24)21-14-8-7-13-5-3-10-22(15(13)12-14)19(25)16-6-4-11-26-16/h4,6-8,11-12H,2-3,5,9-10H2,1H3,(H,20,23)(H,21,24). The van der Waals surface area contributed by atoms with Crippen LogP contribution in [0.25, 0.3) is 0 Å². The van der Waals surface area contributed by atoms with Crippen LogP contribution in [0.2, 0.25) is 0 Å². The summed E-state index contributed by atoms with van der Waals surface area (Å²) in [6, 6.07) is 8.63. The van der Waals surface area contributed by atoms with Gasteiger partial charge in [0.15, 0.2) is 5.76 Å². The Hall–Kier alpha value is -3.09. The zero-order chi connectivity index (χ0) is 18.5. The fourth-order valence-electron chi connectivity index (χ4n) is 2.90. The summed E-state index contributed by atoms with van der Waals surface area (Å²) in [6.45, 7) is 2.93. The first-order valence-corrected chi connectivity index (χ1v) is 8.67. The van der Waals surface area contributed by atoms with Crippen LogP contribution in [-0.4, -0.2) is 30.8 Å². The number of hydrogen-bond donors (Lipinski definition) is 2. The van der Waals surface area contributed by atoms with Gasteiger partial charge in [-0.3, -0.25) is 14.4 Å². The number of nitrogens with zero attached hydrogens (tertiary/aromatic N) is 1. The monoisotopic (exact) mass is 355 g/mol. The predicted molar refractivity (Wildman–Crippen MR) is 97.1 cm³/mol. The lowest BCUT2D eigenvalue weighted by Gasteiger charge is -2.29.